The molecule has 1 aromatic carbocycles. The third-order valence-electron chi connectivity index (χ3n) is 4.82. The zero-order chi connectivity index (χ0) is 20.0. The van der Waals surface area contributed by atoms with E-state index in [1.165, 1.54) is 10.5 Å². The van der Waals surface area contributed by atoms with Crippen molar-refractivity contribution in [3.8, 4) is 0 Å². The second-order valence-electron chi connectivity index (χ2n) is 7.00. The lowest BCUT2D eigenvalue weighted by atomic mass is 9.84. The van der Waals surface area contributed by atoms with Crippen molar-refractivity contribution < 1.29 is 19.1 Å². The molecule has 3 rings (SSSR count). The molecule has 1 aromatic rings. The number of benzene rings is 1. The Morgan fingerprint density at radius 1 is 1.21 bits per heavy atom. The molecule has 160 valence electrons. The van der Waals surface area contributed by atoms with Gasteiger partial charge in [-0.1, -0.05) is 70.9 Å². The summed E-state index contributed by atoms with van der Waals surface area (Å²) >= 11 is 6.35. The summed E-state index contributed by atoms with van der Waals surface area (Å²) in [5.74, 6) is -0.314. The molecule has 1 fully saturated rings. The molecule has 0 saturated carbocycles. The van der Waals surface area contributed by atoms with Gasteiger partial charge in [0.2, 0.25) is 0 Å². The first-order chi connectivity index (χ1) is 12.5. The highest BCUT2D eigenvalue weighted by Gasteiger charge is 2.38. The standard InChI is InChI=1S/C18H21N2O4PS2.2CH4/c1-18(2)12-6-4-5-7-13(12)19(3)15(18)9-8-14-16(21)20(17(26)27-14)10-11-25(22,23)24;;/h4-9H,10-11H2,1-3H3,(H2,22,23,24);2*1H4/b14-8-,15-9-;;. The van der Waals surface area contributed by atoms with Crippen molar-refractivity contribution in [2.24, 2.45) is 0 Å². The fraction of sp³-hybridized carbons (Fsp3) is 0.400. The number of allylic oxidation sites excluding steroid dienone is 3. The molecule has 0 atom stereocenters. The number of nitrogens with zero attached hydrogens (tertiary/aromatic N) is 2. The Morgan fingerprint density at radius 2 is 1.83 bits per heavy atom. The van der Waals surface area contributed by atoms with Gasteiger partial charge >= 0.3 is 7.60 Å². The Balaban J connectivity index is 0.00000210. The number of fused-ring (bicyclic) bond motifs is 1. The average Bonchev–Trinajstić information content (AvgIpc) is 2.95. The van der Waals surface area contributed by atoms with Crippen LogP contribution in [0.4, 0.5) is 5.69 Å². The van der Waals surface area contributed by atoms with Crippen LogP contribution in [-0.2, 0) is 14.8 Å². The smallest absolute Gasteiger partial charge is 0.327 e. The number of carbonyl (C=O) groups is 1. The van der Waals surface area contributed by atoms with Crippen molar-refractivity contribution in [3.05, 3.63) is 52.6 Å². The van der Waals surface area contributed by atoms with Crippen LogP contribution in [0.3, 0.4) is 0 Å². The minimum Gasteiger partial charge on any atom is -0.347 e. The van der Waals surface area contributed by atoms with Gasteiger partial charge in [-0.15, -0.1) is 0 Å². The predicted octanol–water partition coefficient (Wildman–Crippen LogP) is 4.49. The molecule has 2 aliphatic heterocycles. The summed E-state index contributed by atoms with van der Waals surface area (Å²) in [4.78, 5) is 34.4. The molecule has 0 bridgehead atoms. The van der Waals surface area contributed by atoms with Crippen LogP contribution in [0.15, 0.2) is 47.0 Å². The van der Waals surface area contributed by atoms with Crippen molar-refractivity contribution in [3.63, 3.8) is 0 Å². The molecule has 29 heavy (non-hydrogen) atoms. The summed E-state index contributed by atoms with van der Waals surface area (Å²) in [5, 5.41) is 0. The number of hydrogen-bond acceptors (Lipinski definition) is 5. The summed E-state index contributed by atoms with van der Waals surface area (Å²) in [7, 11) is -2.18. The van der Waals surface area contributed by atoms with E-state index in [1.54, 1.807) is 6.08 Å². The second-order valence-corrected chi connectivity index (χ2v) is 10.4. The van der Waals surface area contributed by atoms with Crippen LogP contribution in [-0.4, -0.2) is 44.7 Å². The molecule has 1 amide bonds. The number of likely N-dealkylation sites (N-methyl/N-ethyl adjacent to an activating group) is 1. The molecule has 2 N–H and O–H groups in total. The zero-order valence-electron chi connectivity index (χ0n) is 15.2. The lowest BCUT2D eigenvalue weighted by Gasteiger charge is -2.23. The highest BCUT2D eigenvalue weighted by Crippen LogP contribution is 2.47. The Hall–Kier alpha value is -1.44. The van der Waals surface area contributed by atoms with E-state index < -0.39 is 13.8 Å². The predicted molar refractivity (Wildman–Crippen MR) is 126 cm³/mol. The number of anilines is 1. The maximum absolute atomic E-state index is 12.6. The summed E-state index contributed by atoms with van der Waals surface area (Å²) < 4.78 is 11.4. The van der Waals surface area contributed by atoms with Gasteiger partial charge in [-0.2, -0.15) is 0 Å². The third kappa shape index (κ3) is 5.01. The van der Waals surface area contributed by atoms with Gasteiger partial charge < -0.3 is 14.7 Å². The van der Waals surface area contributed by atoms with Crippen molar-refractivity contribution in [2.45, 2.75) is 34.1 Å². The monoisotopic (exact) mass is 456 g/mol. The van der Waals surface area contributed by atoms with Crippen LogP contribution in [0, 0.1) is 0 Å². The van der Waals surface area contributed by atoms with Crippen LogP contribution in [0.5, 0.6) is 0 Å². The van der Waals surface area contributed by atoms with Gasteiger partial charge in [-0.05, 0) is 23.8 Å². The van der Waals surface area contributed by atoms with E-state index in [0.29, 0.717) is 9.23 Å². The van der Waals surface area contributed by atoms with E-state index in [0.717, 1.165) is 23.1 Å². The highest BCUT2D eigenvalue weighted by atomic mass is 32.2. The number of thiocarbonyl (C=S) groups is 1. The lowest BCUT2D eigenvalue weighted by molar-refractivity contribution is -0.122. The number of rotatable bonds is 4. The van der Waals surface area contributed by atoms with E-state index in [2.05, 4.69) is 30.9 Å². The van der Waals surface area contributed by atoms with Gasteiger partial charge in [-0.25, -0.2) is 0 Å². The van der Waals surface area contributed by atoms with Gasteiger partial charge in [0, 0.05) is 30.4 Å². The Kier molecular flexibility index (Phi) is 8.07. The van der Waals surface area contributed by atoms with Crippen molar-refractivity contribution >= 4 is 47.5 Å². The topological polar surface area (TPSA) is 81.1 Å². The number of carbonyl (C=O) groups excluding carboxylic acids is 1. The van der Waals surface area contributed by atoms with E-state index in [-0.39, 0.29) is 32.7 Å². The van der Waals surface area contributed by atoms with Crippen LogP contribution in [0.2, 0.25) is 0 Å². The molecule has 6 nitrogen and oxygen atoms in total. The molecular weight excluding hydrogens is 427 g/mol. The molecule has 1 saturated heterocycles. The van der Waals surface area contributed by atoms with E-state index in [4.69, 9.17) is 22.0 Å². The molecule has 2 heterocycles. The fourth-order valence-electron chi connectivity index (χ4n) is 3.39. The van der Waals surface area contributed by atoms with Crippen LogP contribution >= 0.6 is 31.6 Å². The van der Waals surface area contributed by atoms with Gasteiger partial charge in [0.15, 0.2) is 0 Å². The fourth-order valence-corrected chi connectivity index (χ4v) is 5.10. The van der Waals surface area contributed by atoms with E-state index in [1.807, 2.05) is 25.3 Å². The maximum Gasteiger partial charge on any atom is 0.327 e. The van der Waals surface area contributed by atoms with Crippen molar-refractivity contribution in [2.75, 3.05) is 24.7 Å². The quantitative estimate of drug-likeness (QED) is 0.392. The van der Waals surface area contributed by atoms with Crippen LogP contribution in [0.1, 0.15) is 34.3 Å². The first-order valence-corrected chi connectivity index (χ1v) is 11.4. The largest absolute Gasteiger partial charge is 0.347 e. The molecule has 0 aromatic heterocycles. The summed E-state index contributed by atoms with van der Waals surface area (Å²) in [6, 6.07) is 8.19. The summed E-state index contributed by atoms with van der Waals surface area (Å²) in [5.41, 5.74) is 3.22. The Labute approximate surface area is 182 Å². The highest BCUT2D eigenvalue weighted by molar-refractivity contribution is 8.26. The average molecular weight is 457 g/mol. The van der Waals surface area contributed by atoms with Gasteiger partial charge in [0.1, 0.15) is 4.32 Å². The number of para-hydroxylation sites is 1. The van der Waals surface area contributed by atoms with Crippen LogP contribution < -0.4 is 4.90 Å². The zero-order valence-corrected chi connectivity index (χ0v) is 17.8. The van der Waals surface area contributed by atoms with E-state index >= 15 is 0 Å². The van der Waals surface area contributed by atoms with Crippen molar-refractivity contribution in [1.82, 2.24) is 4.90 Å². The molecule has 9 heteroatoms. The SMILES string of the molecule is C.C.CN1/C(=C\C=C2/SC(=S)N(CCP(=O)(O)O)C2=O)C(C)(C)c2ccccc21. The minimum atomic E-state index is -4.18. The van der Waals surface area contributed by atoms with Gasteiger partial charge in [0.05, 0.1) is 11.1 Å². The Bertz CT molecular complexity index is 921. The molecule has 2 aliphatic rings. The molecule has 0 unspecified atom stereocenters. The van der Waals surface area contributed by atoms with E-state index in [9.17, 15) is 9.36 Å². The summed E-state index contributed by atoms with van der Waals surface area (Å²) in [6.07, 6.45) is 3.27. The lowest BCUT2D eigenvalue weighted by Crippen LogP contribution is -2.30. The molecule has 0 aliphatic carbocycles. The second kappa shape index (κ2) is 9.14. The van der Waals surface area contributed by atoms with Gasteiger partial charge in [0.25, 0.3) is 5.91 Å². The number of hydrogen-bond donors (Lipinski definition) is 2. The summed E-state index contributed by atoms with van der Waals surface area (Å²) in [6.45, 7) is 4.19. The normalized spacial score (nSPS) is 20.7. The molecule has 0 spiro atoms. The first-order valence-electron chi connectivity index (χ1n) is 8.36. The first kappa shape index (κ1) is 25.6. The minimum absolute atomic E-state index is 0. The third-order valence-corrected chi connectivity index (χ3v) is 7.00. The molecule has 0 radical (unpaired) electrons. The molecular formula is C20H29N2O4PS2. The number of thioether (sulfide) groups is 1. The van der Waals surface area contributed by atoms with Gasteiger partial charge in [-0.3, -0.25) is 14.3 Å². The Morgan fingerprint density at radius 3 is 2.41 bits per heavy atom. The maximum atomic E-state index is 12.6. The van der Waals surface area contributed by atoms with Crippen LogP contribution in [0.25, 0.3) is 0 Å². The number of amides is 1. The van der Waals surface area contributed by atoms with Crippen molar-refractivity contribution in [1.29, 1.82) is 0 Å².